The van der Waals surface area contributed by atoms with Gasteiger partial charge in [-0.2, -0.15) is 0 Å². The van der Waals surface area contributed by atoms with Crippen LogP contribution in [0.2, 0.25) is 0 Å². The third-order valence-electron chi connectivity index (χ3n) is 2.62. The highest BCUT2D eigenvalue weighted by Crippen LogP contribution is 2.18. The van der Waals surface area contributed by atoms with E-state index in [1.165, 1.54) is 0 Å². The number of halogens is 3. The molecule has 0 unspecified atom stereocenters. The van der Waals surface area contributed by atoms with Crippen LogP contribution in [0.1, 0.15) is 20.8 Å². The number of benzene rings is 1. The van der Waals surface area contributed by atoms with Crippen LogP contribution in [-0.4, -0.2) is 25.5 Å². The molecular weight excluding hydrogens is 279 g/mol. The molecule has 0 aliphatic carbocycles. The van der Waals surface area contributed by atoms with Crippen LogP contribution in [-0.2, 0) is 9.84 Å². The van der Waals surface area contributed by atoms with Crippen LogP contribution in [0.15, 0.2) is 12.1 Å². The Hall–Kier alpha value is -1.24. The molecule has 0 aliphatic rings. The summed E-state index contributed by atoms with van der Waals surface area (Å²) in [6.07, 6.45) is 0. The Bertz CT molecular complexity index is 542. The summed E-state index contributed by atoms with van der Waals surface area (Å²) in [5.41, 5.74) is 0.000471. The largest absolute Gasteiger partial charge is 0.384 e. The maximum atomic E-state index is 12.9. The standard InChI is InChI=1S/C12H16F3NO2S/c1-12(2,3)19(17,18)5-4-16-8-6-9(13)11(15)10(14)7-8/h6-7,16H,4-5H2,1-3H3. The zero-order valence-corrected chi connectivity index (χ0v) is 11.7. The van der Waals surface area contributed by atoms with Crippen molar-refractivity contribution in [2.24, 2.45) is 0 Å². The van der Waals surface area contributed by atoms with Crippen molar-refractivity contribution in [2.75, 3.05) is 17.6 Å². The lowest BCUT2D eigenvalue weighted by Gasteiger charge is -2.19. The second-order valence-electron chi connectivity index (χ2n) is 5.11. The molecule has 0 aromatic heterocycles. The zero-order chi connectivity index (χ0) is 14.8. The predicted octanol–water partition coefficient (Wildman–Crippen LogP) is 2.73. The van der Waals surface area contributed by atoms with E-state index >= 15 is 0 Å². The van der Waals surface area contributed by atoms with Gasteiger partial charge >= 0.3 is 0 Å². The molecule has 0 radical (unpaired) electrons. The third-order valence-corrected chi connectivity index (χ3v) is 5.22. The molecule has 3 nitrogen and oxygen atoms in total. The minimum absolute atomic E-state index is 0.000471. The monoisotopic (exact) mass is 295 g/mol. The number of hydrogen-bond donors (Lipinski definition) is 1. The first kappa shape index (κ1) is 15.8. The molecule has 108 valence electrons. The van der Waals surface area contributed by atoms with E-state index in [4.69, 9.17) is 0 Å². The van der Waals surface area contributed by atoms with E-state index in [0.29, 0.717) is 0 Å². The summed E-state index contributed by atoms with van der Waals surface area (Å²) in [5.74, 6) is -4.37. The lowest BCUT2D eigenvalue weighted by atomic mass is 10.3. The van der Waals surface area contributed by atoms with Gasteiger partial charge < -0.3 is 5.32 Å². The van der Waals surface area contributed by atoms with Gasteiger partial charge in [0.2, 0.25) is 0 Å². The van der Waals surface area contributed by atoms with Crippen LogP contribution in [0.25, 0.3) is 0 Å². The molecule has 0 heterocycles. The van der Waals surface area contributed by atoms with Crippen molar-refractivity contribution in [1.29, 1.82) is 0 Å². The second kappa shape index (κ2) is 5.40. The lowest BCUT2D eigenvalue weighted by Crippen LogP contribution is -2.32. The lowest BCUT2D eigenvalue weighted by molar-refractivity contribution is 0.448. The summed E-state index contributed by atoms with van der Waals surface area (Å²) >= 11 is 0. The maximum absolute atomic E-state index is 12.9. The van der Waals surface area contributed by atoms with E-state index in [-0.39, 0.29) is 18.0 Å². The first-order valence-electron chi connectivity index (χ1n) is 5.65. The minimum Gasteiger partial charge on any atom is -0.384 e. The highest BCUT2D eigenvalue weighted by Gasteiger charge is 2.28. The predicted molar refractivity (Wildman–Crippen MR) is 68.3 cm³/mol. The zero-order valence-electron chi connectivity index (χ0n) is 10.9. The molecule has 0 amide bonds. The average molecular weight is 295 g/mol. The Kier molecular flexibility index (Phi) is 4.50. The van der Waals surface area contributed by atoms with Gasteiger partial charge in [0, 0.05) is 24.4 Å². The molecule has 1 aromatic carbocycles. The van der Waals surface area contributed by atoms with Crippen molar-refractivity contribution in [3.63, 3.8) is 0 Å². The Labute approximate surface area is 110 Å². The number of sulfone groups is 1. The van der Waals surface area contributed by atoms with Gasteiger partial charge in [-0.15, -0.1) is 0 Å². The number of rotatable bonds is 4. The Morgan fingerprint density at radius 3 is 2.00 bits per heavy atom. The molecule has 1 N–H and O–H groups in total. The van der Waals surface area contributed by atoms with E-state index < -0.39 is 32.0 Å². The van der Waals surface area contributed by atoms with Crippen molar-refractivity contribution in [2.45, 2.75) is 25.5 Å². The molecule has 19 heavy (non-hydrogen) atoms. The smallest absolute Gasteiger partial charge is 0.194 e. The molecular formula is C12H16F3NO2S. The first-order valence-corrected chi connectivity index (χ1v) is 7.30. The quantitative estimate of drug-likeness (QED) is 0.869. The van der Waals surface area contributed by atoms with Crippen molar-refractivity contribution in [1.82, 2.24) is 0 Å². The van der Waals surface area contributed by atoms with Gasteiger partial charge in [-0.25, -0.2) is 21.6 Å². The highest BCUT2D eigenvalue weighted by molar-refractivity contribution is 7.92. The van der Waals surface area contributed by atoms with Crippen LogP contribution < -0.4 is 5.32 Å². The SMILES string of the molecule is CC(C)(C)S(=O)(=O)CCNc1cc(F)c(F)c(F)c1. The van der Waals surface area contributed by atoms with Crippen LogP contribution in [0, 0.1) is 17.5 Å². The molecule has 0 atom stereocenters. The van der Waals surface area contributed by atoms with Crippen molar-refractivity contribution >= 4 is 15.5 Å². The van der Waals surface area contributed by atoms with Gasteiger partial charge in [0.25, 0.3) is 0 Å². The molecule has 0 saturated carbocycles. The Balaban J connectivity index is 2.70. The third kappa shape index (κ3) is 3.86. The van der Waals surface area contributed by atoms with E-state index in [1.807, 2.05) is 0 Å². The van der Waals surface area contributed by atoms with Crippen LogP contribution in [0.5, 0.6) is 0 Å². The fourth-order valence-corrected chi connectivity index (χ4v) is 2.28. The summed E-state index contributed by atoms with van der Waals surface area (Å²) in [6.45, 7) is 4.70. The van der Waals surface area contributed by atoms with Gasteiger partial charge in [-0.1, -0.05) is 0 Å². The summed E-state index contributed by atoms with van der Waals surface area (Å²) < 4.78 is 61.2. The molecule has 0 fully saturated rings. The minimum atomic E-state index is -3.32. The van der Waals surface area contributed by atoms with E-state index in [1.54, 1.807) is 20.8 Å². The van der Waals surface area contributed by atoms with Crippen molar-refractivity contribution in [3.8, 4) is 0 Å². The second-order valence-corrected chi connectivity index (χ2v) is 7.97. The molecule has 1 rings (SSSR count). The average Bonchev–Trinajstić information content (AvgIpc) is 2.24. The molecule has 0 bridgehead atoms. The first-order chi connectivity index (χ1) is 8.54. The molecule has 1 aromatic rings. The van der Waals surface area contributed by atoms with Crippen molar-refractivity contribution in [3.05, 3.63) is 29.6 Å². The summed E-state index contributed by atoms with van der Waals surface area (Å²) in [4.78, 5) is 0. The van der Waals surface area contributed by atoms with Gasteiger partial charge in [-0.3, -0.25) is 0 Å². The van der Waals surface area contributed by atoms with Crippen LogP contribution >= 0.6 is 0 Å². The molecule has 0 aliphatic heterocycles. The van der Waals surface area contributed by atoms with E-state index in [2.05, 4.69) is 5.32 Å². The van der Waals surface area contributed by atoms with Crippen LogP contribution in [0.4, 0.5) is 18.9 Å². The highest BCUT2D eigenvalue weighted by atomic mass is 32.2. The number of hydrogen-bond acceptors (Lipinski definition) is 3. The normalized spacial score (nSPS) is 12.5. The van der Waals surface area contributed by atoms with Gasteiger partial charge in [-0.05, 0) is 20.8 Å². The maximum Gasteiger partial charge on any atom is 0.194 e. The Morgan fingerprint density at radius 1 is 1.11 bits per heavy atom. The van der Waals surface area contributed by atoms with Crippen LogP contribution in [0.3, 0.4) is 0 Å². The van der Waals surface area contributed by atoms with Gasteiger partial charge in [0.1, 0.15) is 0 Å². The van der Waals surface area contributed by atoms with Gasteiger partial charge in [0.15, 0.2) is 27.3 Å². The van der Waals surface area contributed by atoms with Crippen molar-refractivity contribution < 1.29 is 21.6 Å². The Morgan fingerprint density at radius 2 is 1.58 bits per heavy atom. The molecule has 0 spiro atoms. The number of anilines is 1. The van der Waals surface area contributed by atoms with Gasteiger partial charge in [0.05, 0.1) is 10.5 Å². The number of nitrogens with one attached hydrogen (secondary N) is 1. The summed E-state index contributed by atoms with van der Waals surface area (Å²) in [7, 11) is -3.32. The van der Waals surface area contributed by atoms with E-state index in [0.717, 1.165) is 12.1 Å². The summed E-state index contributed by atoms with van der Waals surface area (Å²) in [6, 6.07) is 1.56. The molecule has 7 heteroatoms. The fraction of sp³-hybridized carbons (Fsp3) is 0.500. The molecule has 0 saturated heterocycles. The van der Waals surface area contributed by atoms with E-state index in [9.17, 15) is 21.6 Å². The fourth-order valence-electron chi connectivity index (χ4n) is 1.29. The summed E-state index contributed by atoms with van der Waals surface area (Å²) in [5, 5.41) is 2.56. The topological polar surface area (TPSA) is 46.2 Å².